The molecule has 100 valence electrons. The van der Waals surface area contributed by atoms with Gasteiger partial charge in [0.1, 0.15) is 0 Å². The van der Waals surface area contributed by atoms with Gasteiger partial charge in [-0.25, -0.2) is 0 Å². The van der Waals surface area contributed by atoms with Gasteiger partial charge in [0.15, 0.2) is 0 Å². The molecule has 18 heavy (non-hydrogen) atoms. The Morgan fingerprint density at radius 2 is 1.94 bits per heavy atom. The Balaban J connectivity index is 1.79. The van der Waals surface area contributed by atoms with Crippen molar-refractivity contribution in [1.82, 2.24) is 5.32 Å². The van der Waals surface area contributed by atoms with Crippen LogP contribution in [0.25, 0.3) is 0 Å². The molecule has 1 unspecified atom stereocenters. The van der Waals surface area contributed by atoms with Gasteiger partial charge in [-0.15, -0.1) is 0 Å². The number of rotatable bonds is 7. The highest BCUT2D eigenvalue weighted by molar-refractivity contribution is 7.99. The van der Waals surface area contributed by atoms with Gasteiger partial charge in [0, 0.05) is 11.8 Å². The van der Waals surface area contributed by atoms with E-state index in [9.17, 15) is 0 Å². The Bertz CT molecular complexity index is 319. The molecular formula is C16H25NS. The Kier molecular flexibility index (Phi) is 6.09. The van der Waals surface area contributed by atoms with Crippen molar-refractivity contribution in [3.63, 3.8) is 0 Å². The first-order valence-corrected chi connectivity index (χ1v) is 8.41. The summed E-state index contributed by atoms with van der Waals surface area (Å²) in [6.45, 7) is 3.24. The van der Waals surface area contributed by atoms with Gasteiger partial charge in [0.05, 0.1) is 0 Å². The van der Waals surface area contributed by atoms with Crippen molar-refractivity contribution in [2.24, 2.45) is 5.92 Å². The zero-order valence-corrected chi connectivity index (χ0v) is 12.2. The molecule has 0 amide bonds. The molecule has 1 saturated carbocycles. The molecule has 1 N–H and O–H groups in total. The lowest BCUT2D eigenvalue weighted by Crippen LogP contribution is -2.23. The van der Waals surface area contributed by atoms with Gasteiger partial charge >= 0.3 is 0 Å². The number of thioether (sulfide) groups is 1. The third kappa shape index (κ3) is 4.33. The molecule has 1 aliphatic carbocycles. The fourth-order valence-corrected chi connectivity index (χ4v) is 4.08. The third-order valence-corrected chi connectivity index (χ3v) is 5.04. The van der Waals surface area contributed by atoms with Crippen LogP contribution in [0.1, 0.15) is 44.2 Å². The van der Waals surface area contributed by atoms with E-state index in [-0.39, 0.29) is 0 Å². The fourth-order valence-electron chi connectivity index (χ4n) is 2.73. The lowest BCUT2D eigenvalue weighted by Gasteiger charge is -2.19. The number of hydrogen-bond acceptors (Lipinski definition) is 2. The Morgan fingerprint density at radius 1 is 1.22 bits per heavy atom. The van der Waals surface area contributed by atoms with Crippen LogP contribution in [0.4, 0.5) is 0 Å². The standard InChI is InChI=1S/C16H25NS/c1-2-17-16(15-10-4-3-5-11-15)13-18-12-14-8-6-7-9-14/h3-5,10-11,14,16-17H,2,6-9,12-13H2,1H3. The van der Waals surface area contributed by atoms with Crippen molar-refractivity contribution in [3.8, 4) is 0 Å². The van der Waals surface area contributed by atoms with Gasteiger partial charge in [-0.1, -0.05) is 50.1 Å². The van der Waals surface area contributed by atoms with Gasteiger partial charge in [-0.2, -0.15) is 11.8 Å². The van der Waals surface area contributed by atoms with E-state index in [1.165, 1.54) is 42.8 Å². The highest BCUT2D eigenvalue weighted by atomic mass is 32.2. The minimum absolute atomic E-state index is 0.516. The van der Waals surface area contributed by atoms with Crippen molar-refractivity contribution < 1.29 is 0 Å². The monoisotopic (exact) mass is 263 g/mol. The minimum Gasteiger partial charge on any atom is -0.310 e. The number of benzene rings is 1. The van der Waals surface area contributed by atoms with Crippen LogP contribution >= 0.6 is 11.8 Å². The van der Waals surface area contributed by atoms with E-state index in [4.69, 9.17) is 0 Å². The first kappa shape index (κ1) is 14.0. The molecule has 1 fully saturated rings. The average molecular weight is 263 g/mol. The van der Waals surface area contributed by atoms with Crippen LogP contribution in [0.2, 0.25) is 0 Å². The smallest absolute Gasteiger partial charge is 0.0411 e. The summed E-state index contributed by atoms with van der Waals surface area (Å²) in [5.41, 5.74) is 1.43. The Labute approximate surface area is 116 Å². The van der Waals surface area contributed by atoms with Gasteiger partial charge in [-0.05, 0) is 36.6 Å². The first-order chi connectivity index (χ1) is 8.90. The third-order valence-electron chi connectivity index (χ3n) is 3.77. The van der Waals surface area contributed by atoms with Crippen LogP contribution in [0.3, 0.4) is 0 Å². The normalized spacial score (nSPS) is 18.1. The van der Waals surface area contributed by atoms with E-state index < -0.39 is 0 Å². The van der Waals surface area contributed by atoms with Crippen molar-refractivity contribution in [2.75, 3.05) is 18.1 Å². The lowest BCUT2D eigenvalue weighted by atomic mass is 10.1. The maximum absolute atomic E-state index is 3.60. The molecule has 0 heterocycles. The van der Waals surface area contributed by atoms with E-state index in [1.54, 1.807) is 0 Å². The summed E-state index contributed by atoms with van der Waals surface area (Å²) < 4.78 is 0. The Morgan fingerprint density at radius 3 is 2.61 bits per heavy atom. The highest BCUT2D eigenvalue weighted by Gasteiger charge is 2.16. The number of nitrogens with one attached hydrogen (secondary N) is 1. The molecule has 0 aromatic heterocycles. The summed E-state index contributed by atoms with van der Waals surface area (Å²) in [7, 11) is 0. The van der Waals surface area contributed by atoms with Crippen LogP contribution in [-0.2, 0) is 0 Å². The van der Waals surface area contributed by atoms with Crippen LogP contribution in [0, 0.1) is 5.92 Å². The molecule has 1 aromatic rings. The molecule has 0 aliphatic heterocycles. The van der Waals surface area contributed by atoms with Gasteiger partial charge in [0.25, 0.3) is 0 Å². The SMILES string of the molecule is CCNC(CSCC1CCCC1)c1ccccc1. The first-order valence-electron chi connectivity index (χ1n) is 7.26. The molecule has 1 nitrogen and oxygen atoms in total. The maximum atomic E-state index is 3.60. The Hall–Kier alpha value is -0.470. The van der Waals surface area contributed by atoms with Crippen LogP contribution in [-0.4, -0.2) is 18.1 Å². The molecule has 0 saturated heterocycles. The molecule has 1 atom stereocenters. The fraction of sp³-hybridized carbons (Fsp3) is 0.625. The number of hydrogen-bond donors (Lipinski definition) is 1. The topological polar surface area (TPSA) is 12.0 Å². The largest absolute Gasteiger partial charge is 0.310 e. The van der Waals surface area contributed by atoms with Crippen molar-refractivity contribution in [1.29, 1.82) is 0 Å². The van der Waals surface area contributed by atoms with Gasteiger partial charge in [-0.3, -0.25) is 0 Å². The van der Waals surface area contributed by atoms with Crippen LogP contribution in [0.5, 0.6) is 0 Å². The van der Waals surface area contributed by atoms with E-state index in [0.29, 0.717) is 6.04 Å². The summed E-state index contributed by atoms with van der Waals surface area (Å²) in [6, 6.07) is 11.4. The zero-order valence-electron chi connectivity index (χ0n) is 11.4. The zero-order chi connectivity index (χ0) is 12.6. The van der Waals surface area contributed by atoms with Crippen molar-refractivity contribution >= 4 is 11.8 Å². The van der Waals surface area contributed by atoms with E-state index in [2.05, 4.69) is 54.3 Å². The summed E-state index contributed by atoms with van der Waals surface area (Å²) in [4.78, 5) is 0. The summed E-state index contributed by atoms with van der Waals surface area (Å²) in [5, 5.41) is 3.60. The van der Waals surface area contributed by atoms with E-state index in [0.717, 1.165) is 12.5 Å². The summed E-state index contributed by atoms with van der Waals surface area (Å²) in [6.07, 6.45) is 5.84. The molecule has 1 aliphatic rings. The van der Waals surface area contributed by atoms with Crippen molar-refractivity contribution in [2.45, 2.75) is 38.6 Å². The predicted octanol–water partition coefficient (Wildman–Crippen LogP) is 4.26. The quantitative estimate of drug-likeness (QED) is 0.789. The molecule has 0 spiro atoms. The second-order valence-corrected chi connectivity index (χ2v) is 6.28. The van der Waals surface area contributed by atoms with Crippen LogP contribution < -0.4 is 5.32 Å². The predicted molar refractivity (Wildman–Crippen MR) is 82.1 cm³/mol. The van der Waals surface area contributed by atoms with E-state index in [1.807, 2.05) is 0 Å². The molecule has 2 rings (SSSR count). The maximum Gasteiger partial charge on any atom is 0.0411 e. The summed E-state index contributed by atoms with van der Waals surface area (Å²) >= 11 is 2.13. The molecule has 0 radical (unpaired) electrons. The van der Waals surface area contributed by atoms with Gasteiger partial charge in [0.2, 0.25) is 0 Å². The van der Waals surface area contributed by atoms with E-state index >= 15 is 0 Å². The van der Waals surface area contributed by atoms with Crippen molar-refractivity contribution in [3.05, 3.63) is 35.9 Å². The van der Waals surface area contributed by atoms with Crippen LogP contribution in [0.15, 0.2) is 30.3 Å². The highest BCUT2D eigenvalue weighted by Crippen LogP contribution is 2.29. The lowest BCUT2D eigenvalue weighted by molar-refractivity contribution is 0.599. The summed E-state index contributed by atoms with van der Waals surface area (Å²) in [5.74, 6) is 3.55. The molecule has 2 heteroatoms. The second kappa shape index (κ2) is 7.85. The molecule has 1 aromatic carbocycles. The minimum atomic E-state index is 0.516. The average Bonchev–Trinajstić information content (AvgIpc) is 2.92. The molecule has 0 bridgehead atoms. The molecular weight excluding hydrogens is 238 g/mol. The second-order valence-electron chi connectivity index (χ2n) is 5.21. The van der Waals surface area contributed by atoms with Gasteiger partial charge < -0.3 is 5.32 Å².